The van der Waals surface area contributed by atoms with E-state index >= 15 is 0 Å². The van der Waals surface area contributed by atoms with Gasteiger partial charge < -0.3 is 10.8 Å². The van der Waals surface area contributed by atoms with Gasteiger partial charge in [-0.25, -0.2) is 0 Å². The van der Waals surface area contributed by atoms with E-state index in [4.69, 9.17) is 10.8 Å². The molecule has 13 heavy (non-hydrogen) atoms. The van der Waals surface area contributed by atoms with Gasteiger partial charge in [0.25, 0.3) is 0 Å². The molecule has 1 aromatic rings. The van der Waals surface area contributed by atoms with Gasteiger partial charge in [0.2, 0.25) is 0 Å². The second-order valence-corrected chi connectivity index (χ2v) is 3.91. The third kappa shape index (κ3) is 2.26. The predicted molar refractivity (Wildman–Crippen MR) is 52.0 cm³/mol. The summed E-state index contributed by atoms with van der Waals surface area (Å²) in [5, 5.41) is 9.13. The third-order valence-corrected chi connectivity index (χ3v) is 2.29. The molecule has 0 aliphatic heterocycles. The van der Waals surface area contributed by atoms with Gasteiger partial charge in [0.05, 0.1) is 0 Å². The predicted octanol–water partition coefficient (Wildman–Crippen LogP) is 1.10. The maximum Gasteiger partial charge on any atom is 0.0500 e. The lowest BCUT2D eigenvalue weighted by molar-refractivity contribution is 0.132. The van der Waals surface area contributed by atoms with Gasteiger partial charge in [-0.3, -0.25) is 4.98 Å². The normalized spacial score (nSPS) is 14.2. The molecule has 1 atom stereocenters. The van der Waals surface area contributed by atoms with Crippen molar-refractivity contribution in [3.63, 3.8) is 0 Å². The molecule has 0 amide bonds. The lowest BCUT2D eigenvalue weighted by Gasteiger charge is -2.29. The second-order valence-electron chi connectivity index (χ2n) is 3.91. The van der Waals surface area contributed by atoms with Crippen molar-refractivity contribution in [2.45, 2.75) is 19.9 Å². The molecule has 0 aliphatic carbocycles. The molecule has 0 aromatic carbocycles. The fourth-order valence-electron chi connectivity index (χ4n) is 1.11. The van der Waals surface area contributed by atoms with Crippen molar-refractivity contribution in [1.82, 2.24) is 4.98 Å². The molecule has 72 valence electrons. The van der Waals surface area contributed by atoms with E-state index in [-0.39, 0.29) is 18.1 Å². The first-order chi connectivity index (χ1) is 6.08. The lowest BCUT2D eigenvalue weighted by atomic mass is 9.82. The topological polar surface area (TPSA) is 59.1 Å². The maximum absolute atomic E-state index is 9.13. The van der Waals surface area contributed by atoms with Gasteiger partial charge in [0.1, 0.15) is 0 Å². The number of nitrogens with two attached hydrogens (primary N) is 1. The highest BCUT2D eigenvalue weighted by Crippen LogP contribution is 2.29. The molecule has 0 spiro atoms. The van der Waals surface area contributed by atoms with Crippen molar-refractivity contribution in [2.24, 2.45) is 11.1 Å². The summed E-state index contributed by atoms with van der Waals surface area (Å²) in [5.41, 5.74) is 6.64. The Morgan fingerprint density at radius 1 is 1.62 bits per heavy atom. The first-order valence-electron chi connectivity index (χ1n) is 4.34. The number of hydrogen-bond acceptors (Lipinski definition) is 3. The van der Waals surface area contributed by atoms with Crippen LogP contribution in [0.2, 0.25) is 0 Å². The lowest BCUT2D eigenvalue weighted by Crippen LogP contribution is -2.32. The van der Waals surface area contributed by atoms with Crippen LogP contribution in [-0.2, 0) is 0 Å². The first-order valence-corrected chi connectivity index (χ1v) is 4.34. The molecular formula is C10H16N2O. The smallest absolute Gasteiger partial charge is 0.0500 e. The molecule has 0 saturated carbocycles. The van der Waals surface area contributed by atoms with Gasteiger partial charge in [-0.2, -0.15) is 0 Å². The van der Waals surface area contributed by atoms with Gasteiger partial charge in [0.15, 0.2) is 0 Å². The molecule has 3 nitrogen and oxygen atoms in total. The SMILES string of the molecule is CC(C)(CO)C(N)c1cccnc1. The van der Waals surface area contributed by atoms with Crippen molar-refractivity contribution >= 4 is 0 Å². The molecule has 0 bridgehead atoms. The second kappa shape index (κ2) is 3.85. The maximum atomic E-state index is 9.13. The molecule has 1 rings (SSSR count). The van der Waals surface area contributed by atoms with E-state index in [2.05, 4.69) is 4.98 Å². The van der Waals surface area contributed by atoms with Crippen molar-refractivity contribution in [3.05, 3.63) is 30.1 Å². The number of nitrogens with zero attached hydrogens (tertiary/aromatic N) is 1. The average Bonchev–Trinajstić information content (AvgIpc) is 2.18. The number of aromatic nitrogens is 1. The summed E-state index contributed by atoms with van der Waals surface area (Å²) in [7, 11) is 0. The largest absolute Gasteiger partial charge is 0.396 e. The van der Waals surface area contributed by atoms with Crippen molar-refractivity contribution in [3.8, 4) is 0 Å². The fraction of sp³-hybridized carbons (Fsp3) is 0.500. The summed E-state index contributed by atoms with van der Waals surface area (Å²) in [5.74, 6) is 0. The highest BCUT2D eigenvalue weighted by Gasteiger charge is 2.26. The monoisotopic (exact) mass is 180 g/mol. The Morgan fingerprint density at radius 3 is 2.77 bits per heavy atom. The Hall–Kier alpha value is -0.930. The quantitative estimate of drug-likeness (QED) is 0.732. The minimum atomic E-state index is -0.303. The Labute approximate surface area is 78.6 Å². The van der Waals surface area contributed by atoms with Crippen LogP contribution in [0, 0.1) is 5.41 Å². The first kappa shape index (κ1) is 10.2. The Morgan fingerprint density at radius 2 is 2.31 bits per heavy atom. The van der Waals surface area contributed by atoms with E-state index in [1.54, 1.807) is 12.4 Å². The van der Waals surface area contributed by atoms with Crippen molar-refractivity contribution < 1.29 is 5.11 Å². The van der Waals surface area contributed by atoms with E-state index in [1.165, 1.54) is 0 Å². The molecule has 1 unspecified atom stereocenters. The standard InChI is InChI=1S/C10H16N2O/c1-10(2,7-13)9(11)8-4-3-5-12-6-8/h3-6,9,13H,7,11H2,1-2H3. The van der Waals surface area contributed by atoms with Crippen LogP contribution >= 0.6 is 0 Å². The van der Waals surface area contributed by atoms with Crippen LogP contribution in [0.5, 0.6) is 0 Å². The average molecular weight is 180 g/mol. The molecule has 0 saturated heterocycles. The van der Waals surface area contributed by atoms with Gasteiger partial charge in [0, 0.05) is 30.5 Å². The number of pyridine rings is 1. The summed E-state index contributed by atoms with van der Waals surface area (Å²) < 4.78 is 0. The number of aliphatic hydroxyl groups is 1. The summed E-state index contributed by atoms with van der Waals surface area (Å²) in [4.78, 5) is 3.99. The van der Waals surface area contributed by atoms with Crippen molar-refractivity contribution in [2.75, 3.05) is 6.61 Å². The molecule has 1 heterocycles. The van der Waals surface area contributed by atoms with E-state index in [9.17, 15) is 0 Å². The molecule has 3 heteroatoms. The van der Waals surface area contributed by atoms with Gasteiger partial charge in [-0.15, -0.1) is 0 Å². The summed E-state index contributed by atoms with van der Waals surface area (Å²) in [6, 6.07) is 3.60. The summed E-state index contributed by atoms with van der Waals surface area (Å²) in [6.45, 7) is 3.94. The highest BCUT2D eigenvalue weighted by molar-refractivity contribution is 5.15. The number of aliphatic hydroxyl groups excluding tert-OH is 1. The Balaban J connectivity index is 2.85. The minimum absolute atomic E-state index is 0.0725. The molecule has 0 fully saturated rings. The van der Waals surface area contributed by atoms with Gasteiger partial charge >= 0.3 is 0 Å². The zero-order chi connectivity index (χ0) is 9.90. The van der Waals surface area contributed by atoms with Crippen molar-refractivity contribution in [1.29, 1.82) is 0 Å². The number of hydrogen-bond donors (Lipinski definition) is 2. The fourth-order valence-corrected chi connectivity index (χ4v) is 1.11. The van der Waals surface area contributed by atoms with E-state index in [0.29, 0.717) is 0 Å². The van der Waals surface area contributed by atoms with Crippen LogP contribution < -0.4 is 5.73 Å². The zero-order valence-electron chi connectivity index (χ0n) is 8.07. The summed E-state index contributed by atoms with van der Waals surface area (Å²) in [6.07, 6.45) is 3.45. The Kier molecular flexibility index (Phi) is 3.01. The van der Waals surface area contributed by atoms with Gasteiger partial charge in [-0.1, -0.05) is 19.9 Å². The molecule has 0 aliphatic rings. The molecular weight excluding hydrogens is 164 g/mol. The highest BCUT2D eigenvalue weighted by atomic mass is 16.3. The van der Waals surface area contributed by atoms with Crippen LogP contribution in [0.25, 0.3) is 0 Å². The molecule has 1 aromatic heterocycles. The van der Waals surface area contributed by atoms with Crippen LogP contribution in [0.1, 0.15) is 25.5 Å². The van der Waals surface area contributed by atoms with Crippen LogP contribution in [0.4, 0.5) is 0 Å². The summed E-state index contributed by atoms with van der Waals surface area (Å²) >= 11 is 0. The van der Waals surface area contributed by atoms with E-state index < -0.39 is 0 Å². The third-order valence-electron chi connectivity index (χ3n) is 2.29. The van der Waals surface area contributed by atoms with E-state index in [1.807, 2.05) is 26.0 Å². The number of rotatable bonds is 3. The van der Waals surface area contributed by atoms with Gasteiger partial charge in [-0.05, 0) is 11.6 Å². The Bertz CT molecular complexity index is 259. The zero-order valence-corrected chi connectivity index (χ0v) is 8.07. The van der Waals surface area contributed by atoms with Crippen LogP contribution in [0.15, 0.2) is 24.5 Å². The van der Waals surface area contributed by atoms with Crippen LogP contribution in [0.3, 0.4) is 0 Å². The van der Waals surface area contributed by atoms with E-state index in [0.717, 1.165) is 5.56 Å². The minimum Gasteiger partial charge on any atom is -0.396 e. The molecule has 0 radical (unpaired) electrons. The molecule has 3 N–H and O–H groups in total. The van der Waals surface area contributed by atoms with Crippen LogP contribution in [-0.4, -0.2) is 16.7 Å².